The largest absolute Gasteiger partial charge is 0.492 e. The number of hydrogen-bond acceptors (Lipinski definition) is 3. The molecule has 1 rings (SSSR count). The molecule has 1 aromatic rings. The Hall–Kier alpha value is -1.05. The van der Waals surface area contributed by atoms with Crippen molar-refractivity contribution in [2.45, 2.75) is 25.9 Å². The van der Waals surface area contributed by atoms with Crippen LogP contribution in [0.2, 0.25) is 5.02 Å². The van der Waals surface area contributed by atoms with Crippen LogP contribution in [0.3, 0.4) is 0 Å². The minimum absolute atomic E-state index is 0.0436. The van der Waals surface area contributed by atoms with E-state index in [1.54, 1.807) is 6.92 Å². The van der Waals surface area contributed by atoms with Gasteiger partial charge in [-0.2, -0.15) is 13.2 Å². The van der Waals surface area contributed by atoms with Crippen LogP contribution in [-0.2, 0) is 17.2 Å². The number of hydrogen-bond donors (Lipinski definition) is 3. The zero-order valence-electron chi connectivity index (χ0n) is 13.5. The van der Waals surface area contributed by atoms with E-state index < -0.39 is 30.2 Å². The fourth-order valence-corrected chi connectivity index (χ4v) is 3.61. The first-order valence-electron chi connectivity index (χ1n) is 7.37. The van der Waals surface area contributed by atoms with Crippen LogP contribution in [0, 0.1) is 5.92 Å². The molecule has 2 atom stereocenters. The molecule has 1 aromatic carbocycles. The Labute approximate surface area is 148 Å². The van der Waals surface area contributed by atoms with Crippen LogP contribution in [-0.4, -0.2) is 22.9 Å². The summed E-state index contributed by atoms with van der Waals surface area (Å²) in [6.07, 6.45) is -2.92. The van der Waals surface area contributed by atoms with E-state index in [2.05, 4.69) is 6.58 Å². The highest BCUT2D eigenvalue weighted by Gasteiger charge is 2.37. The van der Waals surface area contributed by atoms with Gasteiger partial charge < -0.3 is 14.8 Å². The molecule has 25 heavy (non-hydrogen) atoms. The number of allylic oxidation sites excluding steroid dienone is 1. The maximum Gasteiger partial charge on any atom is 0.418 e. The summed E-state index contributed by atoms with van der Waals surface area (Å²) in [5, 5.41) is 9.31. The zero-order valence-corrected chi connectivity index (χ0v) is 15.2. The Kier molecular flexibility index (Phi) is 7.96. The van der Waals surface area contributed by atoms with Crippen molar-refractivity contribution in [1.29, 1.82) is 0 Å². The van der Waals surface area contributed by atoms with Crippen molar-refractivity contribution in [3.05, 3.63) is 40.9 Å². The summed E-state index contributed by atoms with van der Waals surface area (Å²) < 4.78 is 56.6. The van der Waals surface area contributed by atoms with Gasteiger partial charge in [-0.3, -0.25) is 4.57 Å². The number of rotatable bonds is 9. The van der Waals surface area contributed by atoms with E-state index in [0.717, 1.165) is 0 Å². The molecular formula is C15H20ClF3NO4P. The zero-order chi connectivity index (χ0) is 19.3. The van der Waals surface area contributed by atoms with E-state index >= 15 is 0 Å². The molecule has 0 fully saturated rings. The molecule has 0 aliphatic rings. The van der Waals surface area contributed by atoms with Gasteiger partial charge in [-0.05, 0) is 24.5 Å². The first kappa shape index (κ1) is 22.0. The topological polar surface area (TPSA) is 78.8 Å². The molecule has 0 saturated carbocycles. The number of halogens is 4. The van der Waals surface area contributed by atoms with Crippen molar-refractivity contribution in [3.63, 3.8) is 0 Å². The number of alkyl halides is 3. The molecule has 0 aromatic heterocycles. The Morgan fingerprint density at radius 2 is 2.12 bits per heavy atom. The second-order valence-electron chi connectivity index (χ2n) is 5.64. The fourth-order valence-electron chi connectivity index (χ4n) is 2.23. The van der Waals surface area contributed by atoms with Gasteiger partial charge in [0.1, 0.15) is 5.75 Å². The van der Waals surface area contributed by atoms with Gasteiger partial charge in [-0.1, -0.05) is 30.7 Å². The summed E-state index contributed by atoms with van der Waals surface area (Å²) in [4.78, 5) is 9.27. The van der Waals surface area contributed by atoms with Gasteiger partial charge in [-0.25, -0.2) is 0 Å². The SMILES string of the molecule is C=CCCc1ccc(OC[C@@H](C)CP(=O)(O)NO)c(Cl)c1C(F)(F)F. The number of benzene rings is 1. The van der Waals surface area contributed by atoms with E-state index in [9.17, 15) is 22.6 Å². The average molecular weight is 402 g/mol. The fraction of sp³-hybridized carbons (Fsp3) is 0.467. The Morgan fingerprint density at radius 1 is 1.48 bits per heavy atom. The molecule has 10 heteroatoms. The highest BCUT2D eigenvalue weighted by atomic mass is 35.5. The van der Waals surface area contributed by atoms with Crippen molar-refractivity contribution in [3.8, 4) is 5.75 Å². The first-order chi connectivity index (χ1) is 11.5. The number of nitrogens with one attached hydrogen (secondary N) is 1. The maximum absolute atomic E-state index is 13.3. The molecule has 142 valence electrons. The minimum atomic E-state index is -4.64. The Morgan fingerprint density at radius 3 is 2.64 bits per heavy atom. The lowest BCUT2D eigenvalue weighted by atomic mass is 10.0. The van der Waals surface area contributed by atoms with Crippen molar-refractivity contribution in [2.24, 2.45) is 5.92 Å². The van der Waals surface area contributed by atoms with E-state index in [1.165, 1.54) is 23.5 Å². The molecular weight excluding hydrogens is 382 g/mol. The average Bonchev–Trinajstić information content (AvgIpc) is 2.50. The second-order valence-corrected chi connectivity index (χ2v) is 7.98. The van der Waals surface area contributed by atoms with Gasteiger partial charge >= 0.3 is 6.18 Å². The third-order valence-corrected chi connectivity index (χ3v) is 5.14. The second kappa shape index (κ2) is 9.05. The van der Waals surface area contributed by atoms with Gasteiger partial charge in [0.2, 0.25) is 0 Å². The molecule has 0 aliphatic heterocycles. The summed E-state index contributed by atoms with van der Waals surface area (Å²) in [5.41, 5.74) is -0.909. The summed E-state index contributed by atoms with van der Waals surface area (Å²) in [6.45, 7) is 4.90. The summed E-state index contributed by atoms with van der Waals surface area (Å²) in [5.74, 6) is -0.672. The first-order valence-corrected chi connectivity index (χ1v) is 9.59. The van der Waals surface area contributed by atoms with Gasteiger partial charge in [-0.15, -0.1) is 11.8 Å². The van der Waals surface area contributed by atoms with E-state index in [0.29, 0.717) is 6.42 Å². The van der Waals surface area contributed by atoms with Gasteiger partial charge in [0.05, 0.1) is 17.2 Å². The van der Waals surface area contributed by atoms with Crippen molar-refractivity contribution in [2.75, 3.05) is 12.8 Å². The quantitative estimate of drug-likeness (QED) is 0.319. The van der Waals surface area contributed by atoms with Crippen LogP contribution in [0.15, 0.2) is 24.8 Å². The number of ether oxygens (including phenoxy) is 1. The van der Waals surface area contributed by atoms with Crippen LogP contribution in [0.25, 0.3) is 0 Å². The van der Waals surface area contributed by atoms with Gasteiger partial charge in [0.15, 0.2) is 0 Å². The normalized spacial score (nSPS) is 15.5. The minimum Gasteiger partial charge on any atom is -0.492 e. The molecule has 0 radical (unpaired) electrons. The molecule has 0 amide bonds. The van der Waals surface area contributed by atoms with Crippen LogP contribution in [0.1, 0.15) is 24.5 Å². The molecule has 0 aliphatic carbocycles. The number of aryl methyl sites for hydroxylation is 1. The van der Waals surface area contributed by atoms with Crippen molar-refractivity contribution >= 4 is 19.1 Å². The standard InChI is InChI=1S/C15H20ClF3NO4P/c1-3-4-5-11-6-7-12(14(16)13(11)15(17,18)19)24-8-10(2)9-25(22,23)20-21/h3,6-7,10,21H,1,4-5,8-9H2,2H3,(H2,20,22,23)/t10-/m1/s1. The van der Waals surface area contributed by atoms with E-state index in [-0.39, 0.29) is 30.5 Å². The van der Waals surface area contributed by atoms with Crippen LogP contribution < -0.4 is 9.99 Å². The predicted molar refractivity (Wildman–Crippen MR) is 89.2 cm³/mol. The molecule has 0 heterocycles. The molecule has 5 nitrogen and oxygen atoms in total. The highest BCUT2D eigenvalue weighted by Crippen LogP contribution is 2.42. The van der Waals surface area contributed by atoms with E-state index in [1.807, 2.05) is 0 Å². The van der Waals surface area contributed by atoms with E-state index in [4.69, 9.17) is 21.5 Å². The maximum atomic E-state index is 13.3. The lowest BCUT2D eigenvalue weighted by Crippen LogP contribution is -2.18. The third kappa shape index (κ3) is 6.64. The van der Waals surface area contributed by atoms with Crippen LogP contribution in [0.4, 0.5) is 13.2 Å². The molecule has 0 spiro atoms. The summed E-state index contributed by atoms with van der Waals surface area (Å²) in [7, 11) is -3.92. The highest BCUT2D eigenvalue weighted by molar-refractivity contribution is 7.55. The predicted octanol–water partition coefficient (Wildman–Crippen LogP) is 4.66. The van der Waals surface area contributed by atoms with Crippen molar-refractivity contribution < 1.29 is 32.6 Å². The van der Waals surface area contributed by atoms with Crippen LogP contribution >= 0.6 is 19.1 Å². The Balaban J connectivity index is 2.98. The van der Waals surface area contributed by atoms with Gasteiger partial charge in [0.25, 0.3) is 7.52 Å². The Bertz CT molecular complexity index is 654. The smallest absolute Gasteiger partial charge is 0.418 e. The lowest BCUT2D eigenvalue weighted by Gasteiger charge is -2.19. The third-order valence-electron chi connectivity index (χ3n) is 3.33. The summed E-state index contributed by atoms with van der Waals surface area (Å²) >= 11 is 5.89. The van der Waals surface area contributed by atoms with Gasteiger partial charge in [0, 0.05) is 12.1 Å². The summed E-state index contributed by atoms with van der Waals surface area (Å²) in [6, 6.07) is 2.63. The molecule has 0 bridgehead atoms. The van der Waals surface area contributed by atoms with Crippen LogP contribution in [0.5, 0.6) is 5.75 Å². The monoisotopic (exact) mass is 401 g/mol. The molecule has 0 saturated heterocycles. The molecule has 3 N–H and O–H groups in total. The lowest BCUT2D eigenvalue weighted by molar-refractivity contribution is -0.138. The molecule has 1 unspecified atom stereocenters. The van der Waals surface area contributed by atoms with Crippen molar-refractivity contribution in [1.82, 2.24) is 5.25 Å².